The van der Waals surface area contributed by atoms with E-state index in [9.17, 15) is 4.79 Å². The molecule has 1 N–H and O–H groups in total. The van der Waals surface area contributed by atoms with E-state index in [1.165, 1.54) is 0 Å². The van der Waals surface area contributed by atoms with E-state index in [4.69, 9.17) is 9.47 Å². The van der Waals surface area contributed by atoms with E-state index < -0.39 is 0 Å². The lowest BCUT2D eigenvalue weighted by molar-refractivity contribution is 0.00534. The molecule has 0 unspecified atom stereocenters. The molecule has 142 valence electrons. The van der Waals surface area contributed by atoms with Crippen LogP contribution in [0.3, 0.4) is 0 Å². The standard InChI is InChI=1S/C20H29N3O3/c1-13-9-14(25-4)5-6-17(13)21-19(24)23-11-16-15(10-22(2)3)18-7-8-20(16,12-23)26-18/h5-6,9,15-16,18H,7-8,10-12H2,1-4H3,(H,21,24)/t15-,16+,18+,20+/m0/s1. The van der Waals surface area contributed by atoms with Crippen LogP contribution >= 0.6 is 0 Å². The Bertz CT molecular complexity index is 708. The maximum absolute atomic E-state index is 12.9. The van der Waals surface area contributed by atoms with Gasteiger partial charge in [-0.3, -0.25) is 0 Å². The van der Waals surface area contributed by atoms with Crippen LogP contribution in [0.5, 0.6) is 5.75 Å². The maximum Gasteiger partial charge on any atom is 0.321 e. The van der Waals surface area contributed by atoms with Gasteiger partial charge in [0.05, 0.1) is 25.4 Å². The second kappa shape index (κ2) is 6.43. The number of likely N-dealkylation sites (tertiary alicyclic amines) is 1. The molecule has 0 radical (unpaired) electrons. The number of carbonyl (C=O) groups excluding carboxylic acids is 1. The minimum Gasteiger partial charge on any atom is -0.497 e. The van der Waals surface area contributed by atoms with E-state index in [1.54, 1.807) is 7.11 Å². The summed E-state index contributed by atoms with van der Waals surface area (Å²) in [7, 11) is 5.88. The van der Waals surface area contributed by atoms with Crippen LogP contribution in [-0.2, 0) is 4.74 Å². The van der Waals surface area contributed by atoms with Gasteiger partial charge in [-0.1, -0.05) is 0 Å². The molecule has 3 aliphatic heterocycles. The third-order valence-electron chi connectivity index (χ3n) is 6.32. The van der Waals surface area contributed by atoms with Gasteiger partial charge >= 0.3 is 6.03 Å². The van der Waals surface area contributed by atoms with Gasteiger partial charge < -0.3 is 24.6 Å². The van der Waals surface area contributed by atoms with Crippen LogP contribution < -0.4 is 10.1 Å². The van der Waals surface area contributed by atoms with Gasteiger partial charge in [-0.15, -0.1) is 0 Å². The highest BCUT2D eigenvalue weighted by atomic mass is 16.5. The first-order valence-corrected chi connectivity index (χ1v) is 9.45. The fourth-order valence-corrected chi connectivity index (χ4v) is 5.11. The number of hydrogen-bond acceptors (Lipinski definition) is 4. The van der Waals surface area contributed by atoms with Crippen molar-refractivity contribution in [2.24, 2.45) is 11.8 Å². The normalized spacial score (nSPS) is 32.2. The zero-order valence-corrected chi connectivity index (χ0v) is 16.1. The first kappa shape index (κ1) is 17.6. The highest BCUT2D eigenvalue weighted by Gasteiger charge is 2.63. The monoisotopic (exact) mass is 359 g/mol. The van der Waals surface area contributed by atoms with E-state index in [-0.39, 0.29) is 11.6 Å². The number of rotatable bonds is 4. The predicted octanol–water partition coefficient (Wildman–Crippen LogP) is 2.58. The van der Waals surface area contributed by atoms with Crippen LogP contribution in [0, 0.1) is 18.8 Å². The van der Waals surface area contributed by atoms with Crippen LogP contribution in [-0.4, -0.2) is 68.4 Å². The lowest BCUT2D eigenvalue weighted by Gasteiger charge is -2.30. The Balaban J connectivity index is 1.46. The molecular formula is C20H29N3O3. The summed E-state index contributed by atoms with van der Waals surface area (Å²) in [4.78, 5) is 17.1. The fourth-order valence-electron chi connectivity index (χ4n) is 5.11. The molecule has 4 atom stereocenters. The number of methoxy groups -OCH3 is 1. The lowest BCUT2D eigenvalue weighted by Crippen LogP contribution is -2.40. The highest BCUT2D eigenvalue weighted by Crippen LogP contribution is 2.54. The van der Waals surface area contributed by atoms with Crippen LogP contribution in [0.4, 0.5) is 10.5 Å². The molecule has 3 heterocycles. The SMILES string of the molecule is COc1ccc(NC(=O)N2C[C@@H]3[C@H](CN(C)C)[C@H]4CC[C@]3(C2)O4)c(C)c1. The molecule has 1 aromatic carbocycles. The molecule has 2 bridgehead atoms. The first-order chi connectivity index (χ1) is 12.4. The number of nitrogens with one attached hydrogen (secondary N) is 1. The van der Waals surface area contributed by atoms with Crippen LogP contribution in [0.2, 0.25) is 0 Å². The van der Waals surface area contributed by atoms with Gasteiger partial charge in [-0.2, -0.15) is 0 Å². The summed E-state index contributed by atoms with van der Waals surface area (Å²) in [5, 5.41) is 3.07. The summed E-state index contributed by atoms with van der Waals surface area (Å²) >= 11 is 0. The summed E-state index contributed by atoms with van der Waals surface area (Å²) in [5.41, 5.74) is 1.72. The number of aryl methyl sites for hydroxylation is 1. The zero-order valence-electron chi connectivity index (χ0n) is 16.1. The Morgan fingerprint density at radius 2 is 2.27 bits per heavy atom. The summed E-state index contributed by atoms with van der Waals surface area (Å²) in [5.74, 6) is 1.78. The van der Waals surface area contributed by atoms with E-state index in [0.717, 1.165) is 42.9 Å². The Labute approximate surface area is 155 Å². The minimum atomic E-state index is -0.113. The molecular weight excluding hydrogens is 330 g/mol. The quantitative estimate of drug-likeness (QED) is 0.898. The second-order valence-electron chi connectivity index (χ2n) is 8.28. The Morgan fingerprint density at radius 1 is 1.46 bits per heavy atom. The van der Waals surface area contributed by atoms with Crippen molar-refractivity contribution >= 4 is 11.7 Å². The molecule has 1 aromatic rings. The lowest BCUT2D eigenvalue weighted by atomic mass is 9.73. The summed E-state index contributed by atoms with van der Waals surface area (Å²) < 4.78 is 11.7. The van der Waals surface area contributed by atoms with Gasteiger partial charge in [0.1, 0.15) is 5.75 Å². The van der Waals surface area contributed by atoms with E-state index >= 15 is 0 Å². The first-order valence-electron chi connectivity index (χ1n) is 9.45. The Kier molecular flexibility index (Phi) is 4.35. The van der Waals surface area contributed by atoms with E-state index in [0.29, 0.717) is 24.5 Å². The number of anilines is 1. The van der Waals surface area contributed by atoms with Gasteiger partial charge in [0.25, 0.3) is 0 Å². The largest absolute Gasteiger partial charge is 0.497 e. The number of amides is 2. The van der Waals surface area contributed by atoms with Gasteiger partial charge in [0, 0.05) is 30.6 Å². The number of carbonyl (C=O) groups is 1. The molecule has 1 spiro atoms. The molecule has 3 aliphatic rings. The number of urea groups is 1. The third-order valence-corrected chi connectivity index (χ3v) is 6.32. The maximum atomic E-state index is 12.9. The van der Waals surface area contributed by atoms with E-state index in [2.05, 4.69) is 24.3 Å². The van der Waals surface area contributed by atoms with Gasteiger partial charge in [0.15, 0.2) is 0 Å². The topological polar surface area (TPSA) is 54.0 Å². The van der Waals surface area contributed by atoms with Crippen molar-refractivity contribution in [1.29, 1.82) is 0 Å². The Hall–Kier alpha value is -1.79. The van der Waals surface area contributed by atoms with Crippen LogP contribution in [0.15, 0.2) is 18.2 Å². The van der Waals surface area contributed by atoms with Gasteiger partial charge in [-0.25, -0.2) is 4.79 Å². The van der Waals surface area contributed by atoms with Crippen molar-refractivity contribution in [2.45, 2.75) is 31.5 Å². The summed E-state index contributed by atoms with van der Waals surface area (Å²) in [6.07, 6.45) is 2.58. The van der Waals surface area contributed by atoms with Crippen LogP contribution in [0.25, 0.3) is 0 Å². The summed E-state index contributed by atoms with van der Waals surface area (Å²) in [6, 6.07) is 5.68. The van der Waals surface area contributed by atoms with Crippen LogP contribution in [0.1, 0.15) is 18.4 Å². The molecule has 6 heteroatoms. The zero-order chi connectivity index (χ0) is 18.5. The molecule has 3 fully saturated rings. The minimum absolute atomic E-state index is 0.0299. The van der Waals surface area contributed by atoms with Crippen molar-refractivity contribution in [3.8, 4) is 5.75 Å². The number of nitrogens with zero attached hydrogens (tertiary/aromatic N) is 2. The van der Waals surface area contributed by atoms with Crippen molar-refractivity contribution in [3.63, 3.8) is 0 Å². The molecule has 4 rings (SSSR count). The van der Waals surface area contributed by atoms with Crippen molar-refractivity contribution in [3.05, 3.63) is 23.8 Å². The number of ether oxygens (including phenoxy) is 2. The molecule has 3 saturated heterocycles. The molecule has 2 amide bonds. The van der Waals surface area contributed by atoms with Crippen molar-refractivity contribution in [2.75, 3.05) is 46.2 Å². The van der Waals surface area contributed by atoms with Gasteiger partial charge in [-0.05, 0) is 57.6 Å². The predicted molar refractivity (Wildman–Crippen MR) is 101 cm³/mol. The molecule has 6 nitrogen and oxygen atoms in total. The number of hydrogen-bond donors (Lipinski definition) is 1. The highest BCUT2D eigenvalue weighted by molar-refractivity contribution is 5.90. The van der Waals surface area contributed by atoms with Gasteiger partial charge in [0.2, 0.25) is 0 Å². The molecule has 26 heavy (non-hydrogen) atoms. The number of benzene rings is 1. The Morgan fingerprint density at radius 3 is 2.96 bits per heavy atom. The van der Waals surface area contributed by atoms with Crippen molar-refractivity contribution in [1.82, 2.24) is 9.80 Å². The molecule has 0 aliphatic carbocycles. The number of fused-ring (bicyclic) bond motifs is 1. The molecule has 0 saturated carbocycles. The fraction of sp³-hybridized carbons (Fsp3) is 0.650. The van der Waals surface area contributed by atoms with E-state index in [1.807, 2.05) is 30.0 Å². The molecule has 0 aromatic heterocycles. The summed E-state index contributed by atoms with van der Waals surface area (Å²) in [6.45, 7) is 4.51. The second-order valence-corrected chi connectivity index (χ2v) is 8.28. The average Bonchev–Trinajstić information content (AvgIpc) is 3.26. The average molecular weight is 359 g/mol. The smallest absolute Gasteiger partial charge is 0.321 e. The van der Waals surface area contributed by atoms with Crippen molar-refractivity contribution < 1.29 is 14.3 Å². The third kappa shape index (κ3) is 2.85.